The lowest BCUT2D eigenvalue weighted by atomic mass is 10.0. The quantitative estimate of drug-likeness (QED) is 0.918. The molecule has 1 aromatic rings. The first-order chi connectivity index (χ1) is 8.98. The summed E-state index contributed by atoms with van der Waals surface area (Å²) in [5, 5.41) is 2.84. The maximum absolute atomic E-state index is 11.9. The lowest BCUT2D eigenvalue weighted by Gasteiger charge is -2.09. The highest BCUT2D eigenvalue weighted by atomic mass is 32.2. The van der Waals surface area contributed by atoms with Gasteiger partial charge in [0.05, 0.1) is 11.5 Å². The van der Waals surface area contributed by atoms with Gasteiger partial charge in [-0.15, -0.1) is 0 Å². The SMILES string of the molecule is CCc1cccc(NC(=O)C[C@@H]2CCS(=O)(=O)C2)c1. The van der Waals surface area contributed by atoms with E-state index in [1.165, 1.54) is 5.56 Å². The minimum atomic E-state index is -2.90. The Hall–Kier alpha value is -1.36. The zero-order valence-electron chi connectivity index (χ0n) is 11.1. The molecule has 4 nitrogen and oxygen atoms in total. The summed E-state index contributed by atoms with van der Waals surface area (Å²) in [4.78, 5) is 11.9. The summed E-state index contributed by atoms with van der Waals surface area (Å²) in [7, 11) is -2.90. The van der Waals surface area contributed by atoms with Crippen molar-refractivity contribution in [3.63, 3.8) is 0 Å². The second kappa shape index (κ2) is 5.74. The first kappa shape index (κ1) is 14.1. The maximum Gasteiger partial charge on any atom is 0.224 e. The molecular weight excluding hydrogens is 262 g/mol. The van der Waals surface area contributed by atoms with Crippen LogP contribution in [0.3, 0.4) is 0 Å². The average Bonchev–Trinajstić information content (AvgIpc) is 2.68. The third-order valence-electron chi connectivity index (χ3n) is 3.42. The molecule has 0 saturated carbocycles. The highest BCUT2D eigenvalue weighted by Gasteiger charge is 2.29. The van der Waals surface area contributed by atoms with Gasteiger partial charge in [0, 0.05) is 12.1 Å². The fourth-order valence-corrected chi connectivity index (χ4v) is 4.24. The molecule has 0 radical (unpaired) electrons. The summed E-state index contributed by atoms with van der Waals surface area (Å²) in [5.41, 5.74) is 1.95. The van der Waals surface area contributed by atoms with Crippen LogP contribution in [0, 0.1) is 5.92 Å². The topological polar surface area (TPSA) is 63.2 Å². The zero-order valence-corrected chi connectivity index (χ0v) is 11.9. The normalized spacial score (nSPS) is 21.2. The minimum Gasteiger partial charge on any atom is -0.326 e. The predicted octanol–water partition coefficient (Wildman–Crippen LogP) is 2.01. The molecular formula is C14H19NO3S. The first-order valence-electron chi connectivity index (χ1n) is 6.58. The maximum atomic E-state index is 11.9. The Morgan fingerprint density at radius 3 is 2.84 bits per heavy atom. The number of nitrogens with one attached hydrogen (secondary N) is 1. The van der Waals surface area contributed by atoms with Gasteiger partial charge < -0.3 is 5.32 Å². The van der Waals surface area contributed by atoms with Crippen LogP contribution in [0.2, 0.25) is 0 Å². The molecule has 104 valence electrons. The molecule has 1 saturated heterocycles. The number of benzene rings is 1. The summed E-state index contributed by atoms with van der Waals surface area (Å²) in [6, 6.07) is 7.72. The van der Waals surface area contributed by atoms with E-state index in [2.05, 4.69) is 12.2 Å². The van der Waals surface area contributed by atoms with E-state index in [1.54, 1.807) is 0 Å². The van der Waals surface area contributed by atoms with E-state index in [-0.39, 0.29) is 29.8 Å². The minimum absolute atomic E-state index is 0.0284. The van der Waals surface area contributed by atoms with Crippen LogP contribution in [0.5, 0.6) is 0 Å². The third kappa shape index (κ3) is 4.06. The molecule has 1 atom stereocenters. The molecule has 19 heavy (non-hydrogen) atoms. The van der Waals surface area contributed by atoms with Gasteiger partial charge in [0.25, 0.3) is 0 Å². The standard InChI is InChI=1S/C14H19NO3S/c1-2-11-4-3-5-13(8-11)15-14(16)9-12-6-7-19(17,18)10-12/h3-5,8,12H,2,6-7,9-10H2,1H3,(H,15,16)/t12-/m0/s1. The molecule has 0 bridgehead atoms. The monoisotopic (exact) mass is 281 g/mol. The van der Waals surface area contributed by atoms with Gasteiger partial charge in [-0.05, 0) is 36.5 Å². The summed E-state index contributed by atoms with van der Waals surface area (Å²) in [5.74, 6) is 0.237. The van der Waals surface area contributed by atoms with Gasteiger partial charge >= 0.3 is 0 Å². The molecule has 5 heteroatoms. The van der Waals surface area contributed by atoms with Crippen LogP contribution in [0.15, 0.2) is 24.3 Å². The van der Waals surface area contributed by atoms with Gasteiger partial charge in [-0.2, -0.15) is 0 Å². The second-order valence-corrected chi connectivity index (χ2v) is 7.30. The fraction of sp³-hybridized carbons (Fsp3) is 0.500. The number of aryl methyl sites for hydroxylation is 1. The van der Waals surface area contributed by atoms with Gasteiger partial charge in [0.15, 0.2) is 9.84 Å². The van der Waals surface area contributed by atoms with E-state index >= 15 is 0 Å². The van der Waals surface area contributed by atoms with Crippen LogP contribution in [0.25, 0.3) is 0 Å². The van der Waals surface area contributed by atoms with Gasteiger partial charge in [-0.1, -0.05) is 19.1 Å². The number of carbonyl (C=O) groups is 1. The number of anilines is 1. The Kier molecular flexibility index (Phi) is 4.24. The number of hydrogen-bond donors (Lipinski definition) is 1. The van der Waals surface area contributed by atoms with Crippen molar-refractivity contribution in [3.8, 4) is 0 Å². The molecule has 1 amide bonds. The largest absolute Gasteiger partial charge is 0.326 e. The van der Waals surface area contributed by atoms with E-state index in [0.717, 1.165) is 12.1 Å². The van der Waals surface area contributed by atoms with E-state index in [1.807, 2.05) is 24.3 Å². The van der Waals surface area contributed by atoms with Gasteiger partial charge in [-0.25, -0.2) is 8.42 Å². The van der Waals surface area contributed by atoms with Crippen molar-refractivity contribution >= 4 is 21.4 Å². The van der Waals surface area contributed by atoms with Gasteiger partial charge in [0.2, 0.25) is 5.91 Å². The number of amides is 1. The van der Waals surface area contributed by atoms with E-state index in [9.17, 15) is 13.2 Å². The number of sulfone groups is 1. The molecule has 1 N–H and O–H groups in total. The summed E-state index contributed by atoms with van der Waals surface area (Å²) in [6.07, 6.45) is 1.81. The van der Waals surface area contributed by atoms with Crippen molar-refractivity contribution in [2.75, 3.05) is 16.8 Å². The van der Waals surface area contributed by atoms with Gasteiger partial charge in [-0.3, -0.25) is 4.79 Å². The molecule has 0 aliphatic carbocycles. The fourth-order valence-electron chi connectivity index (χ4n) is 2.38. The summed E-state index contributed by atoms with van der Waals surface area (Å²) in [6.45, 7) is 2.06. The van der Waals surface area contributed by atoms with Crippen molar-refractivity contribution in [1.82, 2.24) is 0 Å². The van der Waals surface area contributed by atoms with Crippen LogP contribution >= 0.6 is 0 Å². The van der Waals surface area contributed by atoms with Crippen molar-refractivity contribution in [3.05, 3.63) is 29.8 Å². The van der Waals surface area contributed by atoms with Crippen LogP contribution in [0.1, 0.15) is 25.3 Å². The molecule has 0 aromatic heterocycles. The summed E-state index contributed by atoms with van der Waals surface area (Å²) < 4.78 is 22.7. The lowest BCUT2D eigenvalue weighted by molar-refractivity contribution is -0.116. The Balaban J connectivity index is 1.91. The van der Waals surface area contributed by atoms with Crippen LogP contribution in [-0.2, 0) is 21.1 Å². The molecule has 1 aromatic carbocycles. The molecule has 2 rings (SSSR count). The Labute approximate surface area is 114 Å². The van der Waals surface area contributed by atoms with E-state index < -0.39 is 9.84 Å². The van der Waals surface area contributed by atoms with Crippen molar-refractivity contribution in [1.29, 1.82) is 0 Å². The molecule has 1 heterocycles. The highest BCUT2D eigenvalue weighted by Crippen LogP contribution is 2.22. The van der Waals surface area contributed by atoms with Crippen LogP contribution in [0.4, 0.5) is 5.69 Å². The predicted molar refractivity (Wildman–Crippen MR) is 75.8 cm³/mol. The smallest absolute Gasteiger partial charge is 0.224 e. The number of rotatable bonds is 4. The van der Waals surface area contributed by atoms with Crippen LogP contribution in [-0.4, -0.2) is 25.8 Å². The highest BCUT2D eigenvalue weighted by molar-refractivity contribution is 7.91. The third-order valence-corrected chi connectivity index (χ3v) is 5.26. The van der Waals surface area contributed by atoms with Crippen molar-refractivity contribution in [2.45, 2.75) is 26.2 Å². The van der Waals surface area contributed by atoms with Gasteiger partial charge in [0.1, 0.15) is 0 Å². The number of hydrogen-bond acceptors (Lipinski definition) is 3. The average molecular weight is 281 g/mol. The van der Waals surface area contributed by atoms with Crippen LogP contribution < -0.4 is 5.32 Å². The Morgan fingerprint density at radius 2 is 2.21 bits per heavy atom. The van der Waals surface area contributed by atoms with E-state index in [0.29, 0.717) is 6.42 Å². The first-order valence-corrected chi connectivity index (χ1v) is 8.40. The molecule has 0 spiro atoms. The Bertz CT molecular complexity index is 566. The molecule has 0 unspecified atom stereocenters. The van der Waals surface area contributed by atoms with Crippen molar-refractivity contribution < 1.29 is 13.2 Å². The second-order valence-electron chi connectivity index (χ2n) is 5.08. The molecule has 1 aliphatic heterocycles. The van der Waals surface area contributed by atoms with Crippen molar-refractivity contribution in [2.24, 2.45) is 5.92 Å². The zero-order chi connectivity index (χ0) is 13.9. The molecule has 1 fully saturated rings. The summed E-state index contributed by atoms with van der Waals surface area (Å²) >= 11 is 0. The molecule has 1 aliphatic rings. The lowest BCUT2D eigenvalue weighted by Crippen LogP contribution is -2.17. The van der Waals surface area contributed by atoms with E-state index in [4.69, 9.17) is 0 Å². The number of carbonyl (C=O) groups excluding carboxylic acids is 1. The Morgan fingerprint density at radius 1 is 1.42 bits per heavy atom.